The molecule has 6 heteroatoms. The average Bonchev–Trinajstić information content (AvgIpc) is 2.28. The molecule has 0 aliphatic heterocycles. The molecule has 0 aliphatic rings. The quantitative estimate of drug-likeness (QED) is 0.768. The van der Waals surface area contributed by atoms with Crippen molar-refractivity contribution in [3.63, 3.8) is 0 Å². The van der Waals surface area contributed by atoms with Gasteiger partial charge in [0.15, 0.2) is 0 Å². The van der Waals surface area contributed by atoms with Crippen molar-refractivity contribution < 1.29 is 4.79 Å². The van der Waals surface area contributed by atoms with Crippen LogP contribution in [0.4, 0.5) is 5.95 Å². The third-order valence-corrected chi connectivity index (χ3v) is 2.02. The molecular weight excluding hydrogens is 206 g/mol. The van der Waals surface area contributed by atoms with Crippen LogP contribution in [0.25, 0.3) is 11.0 Å². The number of aromatic nitrogens is 3. The largest absolute Gasteiger partial charge is 0.370 e. The van der Waals surface area contributed by atoms with Gasteiger partial charge in [-0.05, 0) is 12.1 Å². The zero-order valence-corrected chi connectivity index (χ0v) is 8.55. The van der Waals surface area contributed by atoms with E-state index in [-0.39, 0.29) is 12.3 Å². The number of nitrogens with one attached hydrogen (secondary N) is 1. The maximum atomic E-state index is 10.5. The highest BCUT2D eigenvalue weighted by Gasteiger charge is 2.00. The normalized spacial score (nSPS) is 10.2. The van der Waals surface area contributed by atoms with E-state index in [1.54, 1.807) is 0 Å². The van der Waals surface area contributed by atoms with Gasteiger partial charge in [0.25, 0.3) is 0 Å². The van der Waals surface area contributed by atoms with Crippen LogP contribution in [0.2, 0.25) is 0 Å². The number of primary amides is 1. The van der Waals surface area contributed by atoms with Gasteiger partial charge in [0, 0.05) is 13.0 Å². The summed E-state index contributed by atoms with van der Waals surface area (Å²) in [5.41, 5.74) is 6.51. The number of fused-ring (bicyclic) bond motifs is 1. The fourth-order valence-electron chi connectivity index (χ4n) is 1.25. The molecular formula is C10H11N5O. The molecule has 0 spiro atoms. The summed E-state index contributed by atoms with van der Waals surface area (Å²) in [4.78, 5) is 14.8. The van der Waals surface area contributed by atoms with Gasteiger partial charge in [-0.3, -0.25) is 4.79 Å². The van der Waals surface area contributed by atoms with Crippen LogP contribution in [-0.4, -0.2) is 27.6 Å². The Morgan fingerprint density at radius 1 is 1.25 bits per heavy atom. The number of carbonyl (C=O) groups is 1. The number of amides is 1. The van der Waals surface area contributed by atoms with E-state index in [1.807, 2.05) is 24.3 Å². The Kier molecular flexibility index (Phi) is 2.90. The minimum atomic E-state index is -0.360. The lowest BCUT2D eigenvalue weighted by Crippen LogP contribution is -2.16. The van der Waals surface area contributed by atoms with Crippen LogP contribution in [-0.2, 0) is 4.79 Å². The standard InChI is InChI=1S/C10H11N5O/c11-9(16)5-6-12-10-13-7-3-1-2-4-8(7)14-15-10/h1-4H,5-6H2,(H2,11,16)(H,12,13,15). The summed E-state index contributed by atoms with van der Waals surface area (Å²) in [7, 11) is 0. The third-order valence-electron chi connectivity index (χ3n) is 2.02. The Hall–Kier alpha value is -2.24. The van der Waals surface area contributed by atoms with Gasteiger partial charge in [0.1, 0.15) is 5.52 Å². The van der Waals surface area contributed by atoms with Gasteiger partial charge < -0.3 is 11.1 Å². The Bertz CT molecular complexity index is 513. The highest BCUT2D eigenvalue weighted by molar-refractivity contribution is 5.75. The summed E-state index contributed by atoms with van der Waals surface area (Å²) in [5, 5.41) is 10.7. The van der Waals surface area contributed by atoms with Crippen molar-refractivity contribution in [2.75, 3.05) is 11.9 Å². The lowest BCUT2D eigenvalue weighted by Gasteiger charge is -2.02. The van der Waals surface area contributed by atoms with Crippen LogP contribution in [0.5, 0.6) is 0 Å². The molecule has 1 heterocycles. The second-order valence-corrected chi connectivity index (χ2v) is 3.27. The summed E-state index contributed by atoms with van der Waals surface area (Å²) >= 11 is 0. The first kappa shape index (κ1) is 10.3. The summed E-state index contributed by atoms with van der Waals surface area (Å²) in [6, 6.07) is 7.44. The van der Waals surface area contributed by atoms with Gasteiger partial charge in [-0.1, -0.05) is 12.1 Å². The molecule has 1 aromatic heterocycles. The van der Waals surface area contributed by atoms with Crippen molar-refractivity contribution in [1.29, 1.82) is 0 Å². The van der Waals surface area contributed by atoms with Gasteiger partial charge in [-0.15, -0.1) is 10.2 Å². The predicted octanol–water partition coefficient (Wildman–Crippen LogP) is 0.312. The minimum absolute atomic E-state index is 0.246. The Labute approximate surface area is 91.9 Å². The SMILES string of the molecule is NC(=O)CCNc1nnc2ccccc2n1. The molecule has 6 nitrogen and oxygen atoms in total. The molecule has 0 radical (unpaired) electrons. The average molecular weight is 217 g/mol. The Morgan fingerprint density at radius 3 is 2.75 bits per heavy atom. The molecule has 2 rings (SSSR count). The third kappa shape index (κ3) is 2.41. The molecule has 1 aromatic carbocycles. The summed E-state index contributed by atoms with van der Waals surface area (Å²) < 4.78 is 0. The number of nitrogens with zero attached hydrogens (tertiary/aromatic N) is 3. The molecule has 2 aromatic rings. The summed E-state index contributed by atoms with van der Waals surface area (Å²) in [6.45, 7) is 0.412. The van der Waals surface area contributed by atoms with Crippen LogP contribution in [0, 0.1) is 0 Å². The van der Waals surface area contributed by atoms with E-state index in [0.29, 0.717) is 12.5 Å². The van der Waals surface area contributed by atoms with Crippen LogP contribution >= 0.6 is 0 Å². The highest BCUT2D eigenvalue weighted by atomic mass is 16.1. The number of hydrogen-bond acceptors (Lipinski definition) is 5. The Balaban J connectivity index is 2.10. The number of carbonyl (C=O) groups excluding carboxylic acids is 1. The molecule has 82 valence electrons. The number of benzene rings is 1. The topological polar surface area (TPSA) is 93.8 Å². The lowest BCUT2D eigenvalue weighted by atomic mass is 10.3. The van der Waals surface area contributed by atoms with E-state index in [4.69, 9.17) is 5.73 Å². The first-order chi connectivity index (χ1) is 7.75. The predicted molar refractivity (Wildman–Crippen MR) is 59.6 cm³/mol. The van der Waals surface area contributed by atoms with E-state index < -0.39 is 0 Å². The minimum Gasteiger partial charge on any atom is -0.370 e. The van der Waals surface area contributed by atoms with Crippen molar-refractivity contribution in [2.45, 2.75) is 6.42 Å². The first-order valence-electron chi connectivity index (χ1n) is 4.87. The number of hydrogen-bond donors (Lipinski definition) is 2. The molecule has 0 fully saturated rings. The van der Waals surface area contributed by atoms with Crippen molar-refractivity contribution in [3.8, 4) is 0 Å². The molecule has 0 unspecified atom stereocenters. The number of para-hydroxylation sites is 1. The molecule has 16 heavy (non-hydrogen) atoms. The molecule has 0 saturated carbocycles. The molecule has 0 bridgehead atoms. The van der Waals surface area contributed by atoms with Crippen LogP contribution in [0.15, 0.2) is 24.3 Å². The molecule has 3 N–H and O–H groups in total. The van der Waals surface area contributed by atoms with E-state index >= 15 is 0 Å². The zero-order chi connectivity index (χ0) is 11.4. The Morgan fingerprint density at radius 2 is 2.00 bits per heavy atom. The van der Waals surface area contributed by atoms with Crippen LogP contribution in [0.3, 0.4) is 0 Å². The fraction of sp³-hybridized carbons (Fsp3) is 0.200. The fourth-order valence-corrected chi connectivity index (χ4v) is 1.25. The molecule has 0 aliphatic carbocycles. The second-order valence-electron chi connectivity index (χ2n) is 3.27. The summed E-state index contributed by atoms with van der Waals surface area (Å²) in [5.74, 6) is 0.0428. The van der Waals surface area contributed by atoms with Crippen LogP contribution < -0.4 is 11.1 Å². The lowest BCUT2D eigenvalue weighted by molar-refractivity contribution is -0.117. The first-order valence-corrected chi connectivity index (χ1v) is 4.87. The van der Waals surface area contributed by atoms with E-state index in [1.165, 1.54) is 0 Å². The van der Waals surface area contributed by atoms with Crippen molar-refractivity contribution in [2.24, 2.45) is 5.73 Å². The smallest absolute Gasteiger partial charge is 0.243 e. The monoisotopic (exact) mass is 217 g/mol. The zero-order valence-electron chi connectivity index (χ0n) is 8.55. The molecule has 0 saturated heterocycles. The number of nitrogens with two attached hydrogens (primary N) is 1. The molecule has 1 amide bonds. The highest BCUT2D eigenvalue weighted by Crippen LogP contribution is 2.08. The maximum Gasteiger partial charge on any atom is 0.243 e. The molecule has 0 atom stereocenters. The van der Waals surface area contributed by atoms with Crippen molar-refractivity contribution in [3.05, 3.63) is 24.3 Å². The van der Waals surface area contributed by atoms with E-state index in [2.05, 4.69) is 20.5 Å². The van der Waals surface area contributed by atoms with Gasteiger partial charge in [0.05, 0.1) is 5.52 Å². The van der Waals surface area contributed by atoms with Crippen LogP contribution in [0.1, 0.15) is 6.42 Å². The second kappa shape index (κ2) is 4.52. The van der Waals surface area contributed by atoms with E-state index in [9.17, 15) is 4.79 Å². The van der Waals surface area contributed by atoms with Gasteiger partial charge in [-0.25, -0.2) is 4.98 Å². The number of anilines is 1. The number of rotatable bonds is 4. The maximum absolute atomic E-state index is 10.5. The van der Waals surface area contributed by atoms with Crippen molar-refractivity contribution >= 4 is 22.9 Å². The van der Waals surface area contributed by atoms with Gasteiger partial charge in [0.2, 0.25) is 11.9 Å². The van der Waals surface area contributed by atoms with Gasteiger partial charge >= 0.3 is 0 Å². The van der Waals surface area contributed by atoms with E-state index in [0.717, 1.165) is 11.0 Å². The van der Waals surface area contributed by atoms with Crippen molar-refractivity contribution in [1.82, 2.24) is 15.2 Å². The van der Waals surface area contributed by atoms with Gasteiger partial charge in [-0.2, -0.15) is 0 Å². The summed E-state index contributed by atoms with van der Waals surface area (Å²) in [6.07, 6.45) is 0.246.